The SMILES string of the molecule is C=CCC1OC1CC=CCCCCCCCC(C)C. The lowest BCUT2D eigenvalue weighted by molar-refractivity contribution is 0.372. The van der Waals surface area contributed by atoms with E-state index in [0.29, 0.717) is 12.2 Å². The summed E-state index contributed by atoms with van der Waals surface area (Å²) in [5.41, 5.74) is 0. The molecular weight excluding hydrogens is 232 g/mol. The predicted molar refractivity (Wildman–Crippen MR) is 84.4 cm³/mol. The zero-order chi connectivity index (χ0) is 13.9. The van der Waals surface area contributed by atoms with Crippen molar-refractivity contribution in [3.8, 4) is 0 Å². The summed E-state index contributed by atoms with van der Waals surface area (Å²) < 4.78 is 5.53. The maximum Gasteiger partial charge on any atom is 0.0879 e. The second kappa shape index (κ2) is 10.3. The molecule has 1 fully saturated rings. The molecule has 1 heteroatoms. The minimum atomic E-state index is 0.461. The van der Waals surface area contributed by atoms with Crippen molar-refractivity contribution in [3.05, 3.63) is 24.8 Å². The third-order valence-electron chi connectivity index (χ3n) is 3.77. The molecule has 0 aromatic carbocycles. The lowest BCUT2D eigenvalue weighted by Crippen LogP contribution is -1.89. The van der Waals surface area contributed by atoms with E-state index in [2.05, 4.69) is 32.6 Å². The Labute approximate surface area is 120 Å². The van der Waals surface area contributed by atoms with Gasteiger partial charge in [-0.1, -0.05) is 64.2 Å². The minimum Gasteiger partial charge on any atom is -0.369 e. The fourth-order valence-electron chi connectivity index (χ4n) is 2.45. The van der Waals surface area contributed by atoms with Crippen molar-refractivity contribution in [1.82, 2.24) is 0 Å². The first kappa shape index (κ1) is 16.5. The number of unbranched alkanes of at least 4 members (excludes halogenated alkanes) is 5. The van der Waals surface area contributed by atoms with Crippen LogP contribution in [0.5, 0.6) is 0 Å². The van der Waals surface area contributed by atoms with Gasteiger partial charge < -0.3 is 4.74 Å². The molecule has 19 heavy (non-hydrogen) atoms. The van der Waals surface area contributed by atoms with Gasteiger partial charge >= 0.3 is 0 Å². The van der Waals surface area contributed by atoms with Crippen molar-refractivity contribution in [1.29, 1.82) is 0 Å². The Kier molecular flexibility index (Phi) is 8.90. The van der Waals surface area contributed by atoms with Crippen LogP contribution >= 0.6 is 0 Å². The normalized spacial score (nSPS) is 22.3. The van der Waals surface area contributed by atoms with Crippen LogP contribution in [0.2, 0.25) is 0 Å². The third-order valence-corrected chi connectivity index (χ3v) is 3.77. The molecule has 1 nitrogen and oxygen atoms in total. The maximum atomic E-state index is 5.53. The van der Waals surface area contributed by atoms with Gasteiger partial charge in [0.2, 0.25) is 0 Å². The Hall–Kier alpha value is -0.560. The molecule has 0 bridgehead atoms. The van der Waals surface area contributed by atoms with E-state index in [1.165, 1.54) is 44.9 Å². The Morgan fingerprint density at radius 1 is 0.947 bits per heavy atom. The molecule has 1 aliphatic rings. The lowest BCUT2D eigenvalue weighted by atomic mass is 10.0. The number of hydrogen-bond donors (Lipinski definition) is 0. The van der Waals surface area contributed by atoms with Gasteiger partial charge in [0.25, 0.3) is 0 Å². The largest absolute Gasteiger partial charge is 0.369 e. The number of ether oxygens (including phenoxy) is 1. The fourth-order valence-corrected chi connectivity index (χ4v) is 2.45. The molecule has 1 heterocycles. The zero-order valence-electron chi connectivity index (χ0n) is 12.9. The van der Waals surface area contributed by atoms with E-state index in [1.54, 1.807) is 0 Å². The molecule has 110 valence electrons. The molecule has 0 saturated carbocycles. The second-order valence-corrected chi connectivity index (χ2v) is 6.18. The standard InChI is InChI=1S/C18H32O/c1-4-13-17-18(19-17)15-12-10-8-6-5-7-9-11-14-16(2)3/h4,10,12,16-18H,1,5-9,11,13-15H2,2-3H3. The highest BCUT2D eigenvalue weighted by molar-refractivity contribution is 4.96. The van der Waals surface area contributed by atoms with Crippen molar-refractivity contribution in [3.63, 3.8) is 0 Å². The summed E-state index contributed by atoms with van der Waals surface area (Å²) in [5.74, 6) is 0.873. The lowest BCUT2D eigenvalue weighted by Gasteiger charge is -2.03. The predicted octanol–water partition coefficient (Wildman–Crippen LogP) is 5.66. The Bertz CT molecular complexity index is 254. The average Bonchev–Trinajstić information content (AvgIpc) is 3.10. The molecule has 1 rings (SSSR count). The first-order valence-corrected chi connectivity index (χ1v) is 8.15. The van der Waals surface area contributed by atoms with Crippen molar-refractivity contribution in [2.75, 3.05) is 0 Å². The number of rotatable bonds is 12. The zero-order valence-corrected chi connectivity index (χ0v) is 12.9. The average molecular weight is 264 g/mol. The van der Waals surface area contributed by atoms with E-state index in [9.17, 15) is 0 Å². The molecule has 0 aliphatic carbocycles. The molecule has 0 radical (unpaired) electrons. The van der Waals surface area contributed by atoms with Crippen LogP contribution in [0.15, 0.2) is 24.8 Å². The molecule has 1 aliphatic heterocycles. The summed E-state index contributed by atoms with van der Waals surface area (Å²) in [4.78, 5) is 0. The van der Waals surface area contributed by atoms with Gasteiger partial charge in [0, 0.05) is 0 Å². The van der Waals surface area contributed by atoms with E-state index >= 15 is 0 Å². The monoisotopic (exact) mass is 264 g/mol. The summed E-state index contributed by atoms with van der Waals surface area (Å²) >= 11 is 0. The van der Waals surface area contributed by atoms with E-state index < -0.39 is 0 Å². The summed E-state index contributed by atoms with van der Waals surface area (Å²) in [6.45, 7) is 8.37. The quantitative estimate of drug-likeness (QED) is 0.251. The fraction of sp³-hybridized carbons (Fsp3) is 0.778. The molecule has 2 unspecified atom stereocenters. The van der Waals surface area contributed by atoms with Crippen LogP contribution in [0.4, 0.5) is 0 Å². The number of epoxide rings is 1. The first-order chi connectivity index (χ1) is 9.24. The molecule has 2 atom stereocenters. The van der Waals surface area contributed by atoms with Gasteiger partial charge in [-0.05, 0) is 31.6 Å². The van der Waals surface area contributed by atoms with E-state index in [4.69, 9.17) is 4.74 Å². The summed E-state index contributed by atoms with van der Waals surface area (Å²) in [7, 11) is 0. The van der Waals surface area contributed by atoms with Crippen LogP contribution in [0.1, 0.15) is 71.6 Å². The van der Waals surface area contributed by atoms with Gasteiger partial charge in [-0.15, -0.1) is 6.58 Å². The summed E-state index contributed by atoms with van der Waals surface area (Å²) in [5, 5.41) is 0. The molecule has 0 spiro atoms. The van der Waals surface area contributed by atoms with Crippen molar-refractivity contribution in [2.45, 2.75) is 83.8 Å². The Balaban J connectivity index is 1.79. The highest BCUT2D eigenvalue weighted by Crippen LogP contribution is 2.28. The van der Waals surface area contributed by atoms with Gasteiger partial charge in [-0.2, -0.15) is 0 Å². The van der Waals surface area contributed by atoms with Gasteiger partial charge in [0.1, 0.15) is 0 Å². The van der Waals surface area contributed by atoms with E-state index in [1.807, 2.05) is 6.08 Å². The molecule has 1 saturated heterocycles. The van der Waals surface area contributed by atoms with Gasteiger partial charge in [0.05, 0.1) is 12.2 Å². The van der Waals surface area contributed by atoms with Crippen LogP contribution in [0.3, 0.4) is 0 Å². The van der Waals surface area contributed by atoms with Crippen molar-refractivity contribution in [2.24, 2.45) is 5.92 Å². The van der Waals surface area contributed by atoms with Gasteiger partial charge in [0.15, 0.2) is 0 Å². The third kappa shape index (κ3) is 9.04. The molecule has 0 N–H and O–H groups in total. The topological polar surface area (TPSA) is 12.5 Å². The van der Waals surface area contributed by atoms with Crippen LogP contribution in [-0.4, -0.2) is 12.2 Å². The highest BCUT2D eigenvalue weighted by Gasteiger charge is 2.35. The minimum absolute atomic E-state index is 0.461. The van der Waals surface area contributed by atoms with E-state index in [0.717, 1.165) is 18.8 Å². The van der Waals surface area contributed by atoms with Crippen LogP contribution in [0.25, 0.3) is 0 Å². The molecule has 0 aromatic heterocycles. The van der Waals surface area contributed by atoms with Gasteiger partial charge in [-0.3, -0.25) is 0 Å². The first-order valence-electron chi connectivity index (χ1n) is 8.15. The van der Waals surface area contributed by atoms with Crippen LogP contribution in [-0.2, 0) is 4.74 Å². The van der Waals surface area contributed by atoms with Gasteiger partial charge in [-0.25, -0.2) is 0 Å². The molecule has 0 aromatic rings. The number of hydrogen-bond acceptors (Lipinski definition) is 1. The van der Waals surface area contributed by atoms with E-state index in [-0.39, 0.29) is 0 Å². The maximum absolute atomic E-state index is 5.53. The van der Waals surface area contributed by atoms with Crippen LogP contribution in [0, 0.1) is 5.92 Å². The Morgan fingerprint density at radius 2 is 1.63 bits per heavy atom. The number of allylic oxidation sites excluding steroid dienone is 1. The summed E-state index contributed by atoms with van der Waals surface area (Å²) in [6.07, 6.45) is 19.2. The summed E-state index contributed by atoms with van der Waals surface area (Å²) in [6, 6.07) is 0. The second-order valence-electron chi connectivity index (χ2n) is 6.18. The Morgan fingerprint density at radius 3 is 2.37 bits per heavy atom. The van der Waals surface area contributed by atoms with Crippen LogP contribution < -0.4 is 0 Å². The molecular formula is C18H32O. The smallest absolute Gasteiger partial charge is 0.0879 e. The molecule has 0 amide bonds. The van der Waals surface area contributed by atoms with Crippen molar-refractivity contribution < 1.29 is 4.74 Å². The highest BCUT2D eigenvalue weighted by atomic mass is 16.6. The van der Waals surface area contributed by atoms with Crippen molar-refractivity contribution >= 4 is 0 Å².